The van der Waals surface area contributed by atoms with Gasteiger partial charge in [-0.2, -0.15) is 0 Å². The van der Waals surface area contributed by atoms with Gasteiger partial charge < -0.3 is 15.2 Å². The number of rotatable bonds is 8. The van der Waals surface area contributed by atoms with Gasteiger partial charge in [-0.15, -0.1) is 11.6 Å². The van der Waals surface area contributed by atoms with Crippen LogP contribution in [0.15, 0.2) is 60.7 Å². The molecule has 2 aromatic carbocycles. The van der Waals surface area contributed by atoms with E-state index in [0.717, 1.165) is 47.8 Å². The quantitative estimate of drug-likeness (QED) is 0.455. The van der Waals surface area contributed by atoms with Gasteiger partial charge in [-0.1, -0.05) is 67.8 Å². The van der Waals surface area contributed by atoms with Gasteiger partial charge in [0.05, 0.1) is 0 Å². The van der Waals surface area contributed by atoms with Gasteiger partial charge in [0.1, 0.15) is 0 Å². The van der Waals surface area contributed by atoms with Crippen LogP contribution < -0.4 is 5.32 Å². The van der Waals surface area contributed by atoms with E-state index in [1.54, 1.807) is 4.90 Å². The summed E-state index contributed by atoms with van der Waals surface area (Å²) < 4.78 is 0. The summed E-state index contributed by atoms with van der Waals surface area (Å²) in [5.41, 5.74) is 2.64. The predicted molar refractivity (Wildman–Crippen MR) is 128 cm³/mol. The highest BCUT2D eigenvalue weighted by Crippen LogP contribution is 2.28. The number of hydrogen-bond donors (Lipinski definition) is 2. The maximum absolute atomic E-state index is 13.7. The van der Waals surface area contributed by atoms with Crippen molar-refractivity contribution in [1.29, 1.82) is 0 Å². The summed E-state index contributed by atoms with van der Waals surface area (Å²) in [6.07, 6.45) is 5.62. The predicted octanol–water partition coefficient (Wildman–Crippen LogP) is 5.32. The van der Waals surface area contributed by atoms with Crippen LogP contribution >= 0.6 is 11.6 Å². The van der Waals surface area contributed by atoms with E-state index < -0.39 is 6.04 Å². The standard InChI is InChI=1S/C26H30ClN3O2/c27-16-15-24(31)30(18-19-9-3-1-4-10-19)25(26(32)28-21-12-5-2-6-13-21)23-17-20-11-7-8-14-22(20)29-23/h1,3-4,7-11,14,17,21,25,29H,2,5-6,12-13,15-16,18H2,(H,28,32). The molecule has 0 spiro atoms. The van der Waals surface area contributed by atoms with Gasteiger partial charge >= 0.3 is 0 Å². The first kappa shape index (κ1) is 22.4. The number of alkyl halides is 1. The maximum atomic E-state index is 13.7. The van der Waals surface area contributed by atoms with Crippen molar-refractivity contribution in [3.63, 3.8) is 0 Å². The number of hydrogen-bond acceptors (Lipinski definition) is 2. The Kier molecular flexibility index (Phi) is 7.48. The molecule has 0 saturated heterocycles. The molecule has 0 radical (unpaired) electrons. The topological polar surface area (TPSA) is 65.2 Å². The molecule has 1 fully saturated rings. The van der Waals surface area contributed by atoms with Crippen LogP contribution in [0, 0.1) is 0 Å². The number of carbonyl (C=O) groups excluding carboxylic acids is 2. The summed E-state index contributed by atoms with van der Waals surface area (Å²) in [6, 6.07) is 19.1. The van der Waals surface area contributed by atoms with E-state index in [-0.39, 0.29) is 30.2 Å². The summed E-state index contributed by atoms with van der Waals surface area (Å²) >= 11 is 5.94. The Balaban J connectivity index is 1.71. The summed E-state index contributed by atoms with van der Waals surface area (Å²) in [5, 5.41) is 4.26. The number of halogens is 1. The Labute approximate surface area is 194 Å². The van der Waals surface area contributed by atoms with Gasteiger partial charge in [-0.25, -0.2) is 0 Å². The normalized spacial score (nSPS) is 15.4. The zero-order chi connectivity index (χ0) is 22.3. The lowest BCUT2D eigenvalue weighted by molar-refractivity contribution is -0.141. The van der Waals surface area contributed by atoms with E-state index in [1.165, 1.54) is 6.42 Å². The number of amides is 2. The lowest BCUT2D eigenvalue weighted by atomic mass is 9.95. The number of aromatic amines is 1. The summed E-state index contributed by atoms with van der Waals surface area (Å²) in [5.74, 6) is -0.0537. The highest BCUT2D eigenvalue weighted by atomic mass is 35.5. The van der Waals surface area contributed by atoms with E-state index >= 15 is 0 Å². The third-order valence-corrected chi connectivity index (χ3v) is 6.37. The molecule has 1 aliphatic carbocycles. The van der Waals surface area contributed by atoms with Crippen molar-refractivity contribution in [1.82, 2.24) is 15.2 Å². The first-order chi connectivity index (χ1) is 15.7. The zero-order valence-corrected chi connectivity index (χ0v) is 19.0. The summed E-state index contributed by atoms with van der Waals surface area (Å²) in [4.78, 5) is 31.9. The van der Waals surface area contributed by atoms with Crippen molar-refractivity contribution >= 4 is 34.3 Å². The van der Waals surface area contributed by atoms with Crippen LogP contribution in [0.2, 0.25) is 0 Å². The van der Waals surface area contributed by atoms with Gasteiger partial charge in [0, 0.05) is 36.1 Å². The molecule has 4 rings (SSSR count). The average molecular weight is 452 g/mol. The number of carbonyl (C=O) groups is 2. The molecular weight excluding hydrogens is 422 g/mol. The minimum Gasteiger partial charge on any atom is -0.356 e. The molecule has 3 aromatic rings. The Hall–Kier alpha value is -2.79. The second-order valence-electron chi connectivity index (χ2n) is 8.50. The number of nitrogens with zero attached hydrogens (tertiary/aromatic N) is 1. The maximum Gasteiger partial charge on any atom is 0.249 e. The number of nitrogens with one attached hydrogen (secondary N) is 2. The Morgan fingerprint density at radius 1 is 1.03 bits per heavy atom. The molecule has 2 amide bonds. The van der Waals surface area contributed by atoms with Crippen LogP contribution in [0.5, 0.6) is 0 Å². The third kappa shape index (κ3) is 5.33. The van der Waals surface area contributed by atoms with Crippen molar-refractivity contribution in [2.45, 2.75) is 57.2 Å². The van der Waals surface area contributed by atoms with Crippen molar-refractivity contribution in [3.05, 3.63) is 71.9 Å². The number of H-pyrrole nitrogens is 1. The van der Waals surface area contributed by atoms with Crippen molar-refractivity contribution in [2.75, 3.05) is 5.88 Å². The van der Waals surface area contributed by atoms with Crippen LogP contribution in [0.3, 0.4) is 0 Å². The second kappa shape index (κ2) is 10.7. The van der Waals surface area contributed by atoms with E-state index in [1.807, 2.05) is 60.7 Å². The van der Waals surface area contributed by atoms with Crippen LogP contribution in [-0.2, 0) is 16.1 Å². The minimum atomic E-state index is -0.750. The van der Waals surface area contributed by atoms with Crippen molar-refractivity contribution < 1.29 is 9.59 Å². The van der Waals surface area contributed by atoms with Gasteiger partial charge in [0.15, 0.2) is 6.04 Å². The van der Waals surface area contributed by atoms with E-state index in [4.69, 9.17) is 11.6 Å². The van der Waals surface area contributed by atoms with Crippen LogP contribution in [0.4, 0.5) is 0 Å². The summed E-state index contributed by atoms with van der Waals surface area (Å²) in [6.45, 7) is 0.342. The molecule has 1 aliphatic rings. The monoisotopic (exact) mass is 451 g/mol. The first-order valence-corrected chi connectivity index (χ1v) is 12.0. The molecule has 1 aromatic heterocycles. The number of fused-ring (bicyclic) bond motifs is 1. The van der Waals surface area contributed by atoms with E-state index in [0.29, 0.717) is 6.54 Å². The fourth-order valence-corrected chi connectivity index (χ4v) is 4.71. The van der Waals surface area contributed by atoms with E-state index in [9.17, 15) is 9.59 Å². The third-order valence-electron chi connectivity index (χ3n) is 6.18. The van der Waals surface area contributed by atoms with Gasteiger partial charge in [-0.3, -0.25) is 9.59 Å². The van der Waals surface area contributed by atoms with Crippen LogP contribution in [0.25, 0.3) is 10.9 Å². The molecule has 168 valence electrons. The second-order valence-corrected chi connectivity index (χ2v) is 8.88. The minimum absolute atomic E-state index is 0.133. The Bertz CT molecular complexity index is 1010. The lowest BCUT2D eigenvalue weighted by Gasteiger charge is -2.33. The fourth-order valence-electron chi connectivity index (χ4n) is 4.55. The highest BCUT2D eigenvalue weighted by molar-refractivity contribution is 6.19. The zero-order valence-electron chi connectivity index (χ0n) is 18.2. The first-order valence-electron chi connectivity index (χ1n) is 11.4. The van der Waals surface area contributed by atoms with Crippen LogP contribution in [0.1, 0.15) is 55.8 Å². The van der Waals surface area contributed by atoms with E-state index in [2.05, 4.69) is 10.3 Å². The molecule has 6 heteroatoms. The smallest absolute Gasteiger partial charge is 0.249 e. The molecular formula is C26H30ClN3O2. The molecule has 1 atom stereocenters. The number of aromatic nitrogens is 1. The molecule has 0 aliphatic heterocycles. The van der Waals surface area contributed by atoms with Crippen molar-refractivity contribution in [3.8, 4) is 0 Å². The molecule has 1 unspecified atom stereocenters. The SMILES string of the molecule is O=C(NC1CCCCC1)C(c1cc2ccccc2[nH]1)N(Cc1ccccc1)C(=O)CCCl. The van der Waals surface area contributed by atoms with Gasteiger partial charge in [-0.05, 0) is 35.9 Å². The van der Waals surface area contributed by atoms with Crippen LogP contribution in [-0.4, -0.2) is 33.6 Å². The van der Waals surface area contributed by atoms with Crippen molar-refractivity contribution in [2.24, 2.45) is 0 Å². The molecule has 32 heavy (non-hydrogen) atoms. The molecule has 1 heterocycles. The lowest BCUT2D eigenvalue weighted by Crippen LogP contribution is -2.47. The Morgan fingerprint density at radius 3 is 2.47 bits per heavy atom. The Morgan fingerprint density at radius 2 is 1.75 bits per heavy atom. The van der Waals surface area contributed by atoms with Gasteiger partial charge in [0.2, 0.25) is 11.8 Å². The van der Waals surface area contributed by atoms with Gasteiger partial charge in [0.25, 0.3) is 0 Å². The average Bonchev–Trinajstić information content (AvgIpc) is 3.24. The molecule has 5 nitrogen and oxygen atoms in total. The number of benzene rings is 2. The molecule has 2 N–H and O–H groups in total. The number of para-hydroxylation sites is 1. The highest BCUT2D eigenvalue weighted by Gasteiger charge is 2.33. The molecule has 0 bridgehead atoms. The fraction of sp³-hybridized carbons (Fsp3) is 0.385. The molecule has 1 saturated carbocycles. The largest absolute Gasteiger partial charge is 0.356 e. The summed E-state index contributed by atoms with van der Waals surface area (Å²) in [7, 11) is 0.